The average Bonchev–Trinajstić information content (AvgIpc) is 2.86. The van der Waals surface area contributed by atoms with Gasteiger partial charge in [0.05, 0.1) is 0 Å². The summed E-state index contributed by atoms with van der Waals surface area (Å²) >= 11 is 0. The molecular formula is C30H33Na3O6. The molecule has 0 amide bonds. The molecule has 6 nitrogen and oxygen atoms in total. The van der Waals surface area contributed by atoms with Gasteiger partial charge in [0.2, 0.25) is 0 Å². The van der Waals surface area contributed by atoms with Crippen LogP contribution in [0.1, 0.15) is 55.2 Å². The van der Waals surface area contributed by atoms with E-state index in [1.165, 1.54) is 16.7 Å². The molecule has 0 aliphatic carbocycles. The minimum absolute atomic E-state index is 0. The first-order chi connectivity index (χ1) is 17.4. The Morgan fingerprint density at radius 2 is 0.615 bits per heavy atom. The second-order valence-corrected chi connectivity index (χ2v) is 8.13. The summed E-state index contributed by atoms with van der Waals surface area (Å²) < 4.78 is 0. The number of rotatable bonds is 12. The monoisotopic (exact) mass is 558 g/mol. The Morgan fingerprint density at radius 1 is 0.410 bits per heavy atom. The van der Waals surface area contributed by atoms with Crippen molar-refractivity contribution in [1.82, 2.24) is 0 Å². The van der Waals surface area contributed by atoms with Crippen LogP contribution in [0.15, 0.2) is 91.0 Å². The van der Waals surface area contributed by atoms with Crippen LogP contribution in [0.5, 0.6) is 0 Å². The van der Waals surface area contributed by atoms with E-state index in [1.54, 1.807) is 0 Å². The molecule has 0 heterocycles. The summed E-state index contributed by atoms with van der Waals surface area (Å²) in [6, 6.07) is 29.5. The van der Waals surface area contributed by atoms with Crippen molar-refractivity contribution in [2.75, 3.05) is 0 Å². The zero-order valence-corrected chi connectivity index (χ0v) is 29.5. The number of aryl methyl sites for hydroxylation is 3. The standard InChI is InChI=1S/3C10H12O2.3Na/c3*11-10(12)8-4-7-9-5-2-1-3-6-9;;;/h3*1-3,5-6H,4,7-8H2,(H,11,12);;;/q;;;3*+1/p-3. The van der Waals surface area contributed by atoms with E-state index in [-0.39, 0.29) is 108 Å². The Kier molecular flexibility index (Phi) is 31.2. The summed E-state index contributed by atoms with van der Waals surface area (Å²) in [4.78, 5) is 30.2. The van der Waals surface area contributed by atoms with E-state index in [0.717, 1.165) is 19.3 Å². The molecule has 0 spiro atoms. The number of benzene rings is 3. The van der Waals surface area contributed by atoms with E-state index < -0.39 is 17.9 Å². The van der Waals surface area contributed by atoms with E-state index in [0.29, 0.717) is 19.3 Å². The number of carboxylic acids is 3. The summed E-state index contributed by atoms with van der Waals surface area (Å²) in [5, 5.41) is 30.2. The first-order valence-electron chi connectivity index (χ1n) is 12.1. The fourth-order valence-electron chi connectivity index (χ4n) is 3.24. The van der Waals surface area contributed by atoms with Crippen LogP contribution in [0.2, 0.25) is 0 Å². The van der Waals surface area contributed by atoms with Crippen molar-refractivity contribution in [1.29, 1.82) is 0 Å². The van der Waals surface area contributed by atoms with Gasteiger partial charge in [0, 0.05) is 17.9 Å². The van der Waals surface area contributed by atoms with E-state index >= 15 is 0 Å². The summed E-state index contributed by atoms with van der Waals surface area (Å²) in [7, 11) is 0. The molecule has 0 fully saturated rings. The third-order valence-corrected chi connectivity index (χ3v) is 5.07. The molecule has 0 saturated carbocycles. The predicted molar refractivity (Wildman–Crippen MR) is 133 cm³/mol. The summed E-state index contributed by atoms with van der Waals surface area (Å²) in [5.41, 5.74) is 3.54. The Morgan fingerprint density at radius 3 is 0.795 bits per heavy atom. The topological polar surface area (TPSA) is 120 Å². The maximum Gasteiger partial charge on any atom is 1.00 e. The van der Waals surface area contributed by atoms with Gasteiger partial charge < -0.3 is 29.7 Å². The van der Waals surface area contributed by atoms with Crippen LogP contribution in [0.3, 0.4) is 0 Å². The van der Waals surface area contributed by atoms with Crippen molar-refractivity contribution in [3.63, 3.8) is 0 Å². The van der Waals surface area contributed by atoms with Crippen molar-refractivity contribution in [2.45, 2.75) is 57.8 Å². The molecule has 0 unspecified atom stereocenters. The normalized spacial score (nSPS) is 8.92. The van der Waals surface area contributed by atoms with Crippen molar-refractivity contribution in [3.8, 4) is 0 Å². The summed E-state index contributed by atoms with van der Waals surface area (Å²) in [6.45, 7) is 0. The first kappa shape index (κ1) is 42.5. The quantitative estimate of drug-likeness (QED) is 0.204. The van der Waals surface area contributed by atoms with Gasteiger partial charge in [-0.05, 0) is 74.5 Å². The van der Waals surface area contributed by atoms with Crippen LogP contribution in [0, 0.1) is 0 Å². The molecule has 3 aromatic rings. The molecule has 0 aliphatic heterocycles. The first-order valence-corrected chi connectivity index (χ1v) is 12.1. The third-order valence-electron chi connectivity index (χ3n) is 5.07. The van der Waals surface area contributed by atoms with Crippen molar-refractivity contribution >= 4 is 17.9 Å². The van der Waals surface area contributed by atoms with Gasteiger partial charge in [-0.25, -0.2) is 0 Å². The zero-order valence-electron chi connectivity index (χ0n) is 23.5. The Labute approximate surface area is 298 Å². The van der Waals surface area contributed by atoms with Gasteiger partial charge in [0.1, 0.15) is 0 Å². The number of carbonyl (C=O) groups excluding carboxylic acids is 3. The molecule has 39 heavy (non-hydrogen) atoms. The zero-order chi connectivity index (χ0) is 26.4. The van der Waals surface area contributed by atoms with Gasteiger partial charge in [-0.3, -0.25) is 0 Å². The number of hydrogen-bond donors (Lipinski definition) is 0. The van der Waals surface area contributed by atoms with Crippen molar-refractivity contribution < 1.29 is 118 Å². The van der Waals surface area contributed by atoms with E-state index in [9.17, 15) is 29.7 Å². The van der Waals surface area contributed by atoms with Gasteiger partial charge in [0.15, 0.2) is 0 Å². The number of hydrogen-bond acceptors (Lipinski definition) is 6. The summed E-state index contributed by atoms with van der Waals surface area (Å²) in [5.74, 6) is -2.90. The molecular weight excluding hydrogens is 525 g/mol. The molecule has 3 aromatic carbocycles. The molecule has 0 bridgehead atoms. The Hall–Kier alpha value is -0.930. The van der Waals surface area contributed by atoms with E-state index in [2.05, 4.69) is 0 Å². The Bertz CT molecular complexity index is 871. The molecule has 3 rings (SSSR count). The molecule has 0 radical (unpaired) electrons. The van der Waals surface area contributed by atoms with Crippen molar-refractivity contribution in [2.24, 2.45) is 0 Å². The van der Waals surface area contributed by atoms with Crippen LogP contribution in [0.4, 0.5) is 0 Å². The largest absolute Gasteiger partial charge is 1.00 e. The van der Waals surface area contributed by atoms with Gasteiger partial charge in [-0.2, -0.15) is 0 Å². The van der Waals surface area contributed by atoms with Crippen molar-refractivity contribution in [3.05, 3.63) is 108 Å². The Balaban J connectivity index is -0.000000480. The van der Waals surface area contributed by atoms with E-state index in [4.69, 9.17) is 0 Å². The van der Waals surface area contributed by atoms with Gasteiger partial charge >= 0.3 is 88.7 Å². The van der Waals surface area contributed by atoms with Gasteiger partial charge in [-0.15, -0.1) is 0 Å². The average molecular weight is 559 g/mol. The minimum Gasteiger partial charge on any atom is -0.550 e. The number of carbonyl (C=O) groups is 3. The second kappa shape index (κ2) is 28.6. The maximum absolute atomic E-state index is 10.1. The smallest absolute Gasteiger partial charge is 0.550 e. The van der Waals surface area contributed by atoms with Gasteiger partial charge in [-0.1, -0.05) is 91.0 Å². The van der Waals surface area contributed by atoms with Gasteiger partial charge in [0.25, 0.3) is 0 Å². The molecule has 192 valence electrons. The molecule has 0 atom stereocenters. The van der Waals surface area contributed by atoms with Crippen LogP contribution < -0.4 is 104 Å². The number of aliphatic carboxylic acids is 3. The number of carboxylic acid groups (broad SMARTS) is 3. The third kappa shape index (κ3) is 27.0. The maximum atomic E-state index is 10.1. The van der Waals surface area contributed by atoms with Crippen LogP contribution in [0.25, 0.3) is 0 Å². The predicted octanol–water partition coefficient (Wildman–Crippen LogP) is -6.71. The fourth-order valence-corrected chi connectivity index (χ4v) is 3.24. The molecule has 9 heteroatoms. The van der Waals surface area contributed by atoms with E-state index in [1.807, 2.05) is 91.0 Å². The summed E-state index contributed by atoms with van der Waals surface area (Å²) in [6.07, 6.45) is 4.86. The molecule has 0 aromatic heterocycles. The molecule has 0 aliphatic rings. The molecule has 0 saturated heterocycles. The SMILES string of the molecule is O=C([O-])CCCc1ccccc1.O=C([O-])CCCc1ccccc1.O=C([O-])CCCc1ccccc1.[Na+].[Na+].[Na+]. The van der Waals surface area contributed by atoms with Crippen LogP contribution >= 0.6 is 0 Å². The fraction of sp³-hybridized carbons (Fsp3) is 0.300. The van der Waals surface area contributed by atoms with Crippen LogP contribution in [-0.4, -0.2) is 17.9 Å². The van der Waals surface area contributed by atoms with Crippen LogP contribution in [-0.2, 0) is 33.6 Å². The minimum atomic E-state index is -0.967. The second-order valence-electron chi connectivity index (χ2n) is 8.13. The molecule has 0 N–H and O–H groups in total.